The van der Waals surface area contributed by atoms with Gasteiger partial charge < -0.3 is 10.1 Å². The molecule has 1 amide bonds. The Kier molecular flexibility index (Phi) is 4.86. The van der Waals surface area contributed by atoms with Crippen LogP contribution in [0.5, 0.6) is 0 Å². The number of ether oxygens (including phenoxy) is 1. The number of nitrogens with one attached hydrogen (secondary N) is 1. The van der Waals surface area contributed by atoms with Crippen molar-refractivity contribution in [1.82, 2.24) is 4.90 Å². The van der Waals surface area contributed by atoms with Gasteiger partial charge in [0.2, 0.25) is 5.91 Å². The van der Waals surface area contributed by atoms with Crippen LogP contribution in [0.25, 0.3) is 0 Å². The summed E-state index contributed by atoms with van der Waals surface area (Å²) in [4.78, 5) is 26.3. The van der Waals surface area contributed by atoms with E-state index in [0.29, 0.717) is 11.3 Å². The molecular weight excluding hydrogens is 316 g/mol. The third-order valence-corrected chi connectivity index (χ3v) is 4.58. The number of fused-ring (bicyclic) bond motifs is 1. The summed E-state index contributed by atoms with van der Waals surface area (Å²) in [5.74, 6) is -0.604. The number of amides is 1. The molecular formula is C20H22N2O3. The van der Waals surface area contributed by atoms with E-state index in [-0.39, 0.29) is 12.5 Å². The van der Waals surface area contributed by atoms with Crippen molar-refractivity contribution in [3.8, 4) is 0 Å². The first-order valence-electron chi connectivity index (χ1n) is 8.26. The van der Waals surface area contributed by atoms with E-state index in [9.17, 15) is 9.59 Å². The summed E-state index contributed by atoms with van der Waals surface area (Å²) in [6, 6.07) is 11.3. The number of hydrogen-bond donors (Lipinski definition) is 1. The topological polar surface area (TPSA) is 58.6 Å². The smallest absolute Gasteiger partial charge is 0.339 e. The van der Waals surface area contributed by atoms with Crippen molar-refractivity contribution in [2.75, 3.05) is 19.0 Å². The van der Waals surface area contributed by atoms with Gasteiger partial charge in [0.1, 0.15) is 0 Å². The van der Waals surface area contributed by atoms with Crippen molar-refractivity contribution in [1.29, 1.82) is 0 Å². The Hall–Kier alpha value is -2.66. The maximum Gasteiger partial charge on any atom is 0.339 e. The first-order valence-corrected chi connectivity index (χ1v) is 8.26. The highest BCUT2D eigenvalue weighted by molar-refractivity contribution is 6.01. The number of nitrogens with zero attached hydrogens (tertiary/aromatic N) is 1. The minimum atomic E-state index is -0.463. The fourth-order valence-electron chi connectivity index (χ4n) is 3.15. The van der Waals surface area contributed by atoms with Crippen molar-refractivity contribution >= 4 is 17.6 Å². The average Bonchev–Trinajstić information content (AvgIpc) is 2.95. The molecule has 130 valence electrons. The first-order chi connectivity index (χ1) is 12.0. The largest absolute Gasteiger partial charge is 0.465 e. The van der Waals surface area contributed by atoms with Crippen LogP contribution in [0.2, 0.25) is 0 Å². The summed E-state index contributed by atoms with van der Waals surface area (Å²) in [5, 5.41) is 2.82. The molecule has 1 heterocycles. The molecule has 0 unspecified atom stereocenters. The molecule has 2 aromatic carbocycles. The molecule has 5 heteroatoms. The normalized spacial score (nSPS) is 13.4. The van der Waals surface area contributed by atoms with Crippen molar-refractivity contribution in [2.24, 2.45) is 0 Å². The molecule has 0 radical (unpaired) electrons. The number of hydrogen-bond acceptors (Lipinski definition) is 4. The second kappa shape index (κ2) is 7.07. The standard InChI is InChI=1S/C20H22N2O3/c1-13-8-15-10-22(11-16(15)9-14(13)2)12-19(23)21-18-7-5-4-6-17(18)20(24)25-3/h4-9H,10-12H2,1-3H3,(H,21,23). The molecule has 0 saturated carbocycles. The van der Waals surface area contributed by atoms with E-state index in [1.807, 2.05) is 0 Å². The van der Waals surface area contributed by atoms with Crippen LogP contribution in [0.1, 0.15) is 32.6 Å². The lowest BCUT2D eigenvalue weighted by Gasteiger charge is -2.15. The average molecular weight is 338 g/mol. The Morgan fingerprint density at radius 2 is 1.68 bits per heavy atom. The Morgan fingerprint density at radius 1 is 1.08 bits per heavy atom. The summed E-state index contributed by atoms with van der Waals surface area (Å²) < 4.78 is 4.76. The predicted octanol–water partition coefficient (Wildman–Crippen LogP) is 3.04. The van der Waals surface area contributed by atoms with Crippen molar-refractivity contribution < 1.29 is 14.3 Å². The minimum absolute atomic E-state index is 0.141. The van der Waals surface area contributed by atoms with E-state index < -0.39 is 5.97 Å². The van der Waals surface area contributed by atoms with Crippen LogP contribution in [0, 0.1) is 13.8 Å². The number of methoxy groups -OCH3 is 1. The zero-order valence-corrected chi connectivity index (χ0v) is 14.8. The van der Waals surface area contributed by atoms with Gasteiger partial charge in [-0.3, -0.25) is 9.69 Å². The van der Waals surface area contributed by atoms with Crippen LogP contribution in [-0.2, 0) is 22.6 Å². The zero-order chi connectivity index (χ0) is 18.0. The van der Waals surface area contributed by atoms with Crippen LogP contribution in [0.4, 0.5) is 5.69 Å². The Bertz CT molecular complexity index is 799. The van der Waals surface area contributed by atoms with Gasteiger partial charge in [-0.1, -0.05) is 24.3 Å². The van der Waals surface area contributed by atoms with Gasteiger partial charge in [0.25, 0.3) is 0 Å². The summed E-state index contributed by atoms with van der Waals surface area (Å²) in [6.45, 7) is 6.02. The van der Waals surface area contributed by atoms with Crippen molar-refractivity contribution in [3.05, 3.63) is 64.2 Å². The molecule has 0 aliphatic carbocycles. The molecule has 1 aliphatic rings. The number of anilines is 1. The molecule has 2 aromatic rings. The molecule has 1 N–H and O–H groups in total. The van der Waals surface area contributed by atoms with E-state index >= 15 is 0 Å². The monoisotopic (exact) mass is 338 g/mol. The number of esters is 1. The minimum Gasteiger partial charge on any atom is -0.465 e. The highest BCUT2D eigenvalue weighted by Crippen LogP contribution is 2.25. The third kappa shape index (κ3) is 3.72. The van der Waals surface area contributed by atoms with Gasteiger partial charge in [0.15, 0.2) is 0 Å². The van der Waals surface area contributed by atoms with Gasteiger partial charge in [-0.15, -0.1) is 0 Å². The van der Waals surface area contributed by atoms with E-state index in [0.717, 1.165) is 13.1 Å². The summed E-state index contributed by atoms with van der Waals surface area (Å²) in [7, 11) is 1.33. The van der Waals surface area contributed by atoms with Crippen LogP contribution in [0.3, 0.4) is 0 Å². The molecule has 25 heavy (non-hydrogen) atoms. The quantitative estimate of drug-likeness (QED) is 0.871. The number of carbonyl (C=O) groups excluding carboxylic acids is 2. The van der Waals surface area contributed by atoms with E-state index in [4.69, 9.17) is 4.74 Å². The molecule has 5 nitrogen and oxygen atoms in total. The Balaban J connectivity index is 1.66. The predicted molar refractivity (Wildman–Crippen MR) is 96.4 cm³/mol. The fourth-order valence-corrected chi connectivity index (χ4v) is 3.15. The van der Waals surface area contributed by atoms with E-state index in [1.165, 1.54) is 29.4 Å². The number of carbonyl (C=O) groups is 2. The molecule has 0 fully saturated rings. The lowest BCUT2D eigenvalue weighted by Crippen LogP contribution is -2.29. The number of aryl methyl sites for hydroxylation is 2. The summed E-state index contributed by atoms with van der Waals surface area (Å²) in [6.07, 6.45) is 0. The van der Waals surface area contributed by atoms with Crippen LogP contribution in [0.15, 0.2) is 36.4 Å². The van der Waals surface area contributed by atoms with Crippen LogP contribution < -0.4 is 5.32 Å². The molecule has 0 aromatic heterocycles. The van der Waals surface area contributed by atoms with Gasteiger partial charge >= 0.3 is 5.97 Å². The number of benzene rings is 2. The Labute approximate surface area is 147 Å². The first kappa shape index (κ1) is 17.2. The summed E-state index contributed by atoms with van der Waals surface area (Å²) in [5.41, 5.74) is 5.95. The van der Waals surface area contributed by atoms with Gasteiger partial charge in [-0.05, 0) is 48.2 Å². The zero-order valence-electron chi connectivity index (χ0n) is 14.8. The van der Waals surface area contributed by atoms with E-state index in [1.54, 1.807) is 24.3 Å². The number of para-hydroxylation sites is 1. The van der Waals surface area contributed by atoms with Crippen LogP contribution >= 0.6 is 0 Å². The SMILES string of the molecule is COC(=O)c1ccccc1NC(=O)CN1Cc2cc(C)c(C)cc2C1. The Morgan fingerprint density at radius 3 is 2.28 bits per heavy atom. The van der Waals surface area contributed by atoms with Gasteiger partial charge in [-0.2, -0.15) is 0 Å². The third-order valence-electron chi connectivity index (χ3n) is 4.58. The molecule has 0 atom stereocenters. The molecule has 0 saturated heterocycles. The summed E-state index contributed by atoms with van der Waals surface area (Å²) >= 11 is 0. The molecule has 3 rings (SSSR count). The van der Waals surface area contributed by atoms with Gasteiger partial charge in [0.05, 0.1) is 24.9 Å². The second-order valence-electron chi connectivity index (χ2n) is 6.44. The molecule has 0 bridgehead atoms. The molecule has 1 aliphatic heterocycles. The maximum atomic E-state index is 12.4. The number of rotatable bonds is 4. The highest BCUT2D eigenvalue weighted by atomic mass is 16.5. The fraction of sp³-hybridized carbons (Fsp3) is 0.300. The van der Waals surface area contributed by atoms with E-state index in [2.05, 4.69) is 36.2 Å². The van der Waals surface area contributed by atoms with Crippen molar-refractivity contribution in [2.45, 2.75) is 26.9 Å². The van der Waals surface area contributed by atoms with Crippen molar-refractivity contribution in [3.63, 3.8) is 0 Å². The lowest BCUT2D eigenvalue weighted by molar-refractivity contribution is -0.117. The molecule has 0 spiro atoms. The van der Waals surface area contributed by atoms with Gasteiger partial charge in [0, 0.05) is 13.1 Å². The maximum absolute atomic E-state index is 12.4. The van der Waals surface area contributed by atoms with Gasteiger partial charge in [-0.25, -0.2) is 4.79 Å². The van der Waals surface area contributed by atoms with Crippen LogP contribution in [-0.4, -0.2) is 30.4 Å². The lowest BCUT2D eigenvalue weighted by atomic mass is 10.0. The highest BCUT2D eigenvalue weighted by Gasteiger charge is 2.22. The second-order valence-corrected chi connectivity index (χ2v) is 6.44.